The van der Waals surface area contributed by atoms with Crippen LogP contribution in [0.3, 0.4) is 0 Å². The van der Waals surface area contributed by atoms with Crippen molar-refractivity contribution in [1.29, 1.82) is 0 Å². The third-order valence-electron chi connectivity index (χ3n) is 7.46. The molecule has 1 fully saturated rings. The molecule has 0 spiro atoms. The lowest BCUT2D eigenvalue weighted by molar-refractivity contribution is -0.132. The summed E-state index contributed by atoms with van der Waals surface area (Å²) in [6.07, 6.45) is 1.86. The lowest BCUT2D eigenvalue weighted by Crippen LogP contribution is -2.29. The summed E-state index contributed by atoms with van der Waals surface area (Å²) in [5.74, 6) is 0.724. The first-order valence-electron chi connectivity index (χ1n) is 15.1. The summed E-state index contributed by atoms with van der Waals surface area (Å²) in [6.45, 7) is 8.04. The van der Waals surface area contributed by atoms with Gasteiger partial charge in [0, 0.05) is 5.56 Å². The van der Waals surface area contributed by atoms with Crippen molar-refractivity contribution < 1.29 is 38.4 Å². The number of thiazole rings is 1. The second-order valence-corrected chi connectivity index (χ2v) is 11.4. The third kappa shape index (κ3) is 5.87. The molecule has 1 unspecified atom stereocenters. The lowest BCUT2D eigenvalue weighted by atomic mass is 9.95. The number of ketones is 1. The number of anilines is 1. The summed E-state index contributed by atoms with van der Waals surface area (Å²) in [6, 6.07) is 14.7. The highest BCUT2D eigenvalue weighted by Gasteiger charge is 2.48. The number of amides is 1. The van der Waals surface area contributed by atoms with Crippen LogP contribution in [0.5, 0.6) is 28.7 Å². The number of Topliss-reactive ketones (excluding diaryl/α,β-unsaturated/α-hetero) is 1. The molecule has 0 radical (unpaired) electrons. The van der Waals surface area contributed by atoms with E-state index in [1.54, 1.807) is 36.4 Å². The maximum Gasteiger partial charge on any atom is 0.301 e. The minimum Gasteiger partial charge on any atom is -0.507 e. The number of hydrogen-bond donors (Lipinski definition) is 1. The van der Waals surface area contributed by atoms with E-state index in [4.69, 9.17) is 28.7 Å². The van der Waals surface area contributed by atoms with Crippen molar-refractivity contribution in [2.75, 3.05) is 37.9 Å². The highest BCUT2D eigenvalue weighted by Crippen LogP contribution is 2.47. The topological polar surface area (TPSA) is 117 Å². The second kappa shape index (κ2) is 13.1. The van der Waals surface area contributed by atoms with Crippen LogP contribution in [0.4, 0.5) is 5.13 Å². The number of aliphatic hydroxyl groups is 1. The Bertz CT molecular complexity index is 1780. The first-order valence-corrected chi connectivity index (χ1v) is 15.9. The van der Waals surface area contributed by atoms with Gasteiger partial charge in [0.2, 0.25) is 0 Å². The number of carbonyl (C=O) groups excluding carboxylic acids is 2. The first kappa shape index (κ1) is 30.3. The summed E-state index contributed by atoms with van der Waals surface area (Å²) >= 11 is 1.26. The van der Waals surface area contributed by atoms with E-state index >= 15 is 0 Å². The van der Waals surface area contributed by atoms with Gasteiger partial charge in [0.15, 0.2) is 28.1 Å². The Hall–Kier alpha value is -4.77. The standard InChI is InChI=1S/C34H34N2O8S/c1-4-7-14-42-24-12-8-20(17-26(24)41-6-3)30-29(31(37)21-9-13-25-27(18-21)44-16-15-43-25)32(38)33(39)36(30)34-35-23-11-10-22(40-5-2)19-28(23)45-34/h8-13,17-19,30,37H,4-7,14-16H2,1-3H3/b31-29-. The average molecular weight is 631 g/mol. The molecule has 1 saturated heterocycles. The Labute approximate surface area is 264 Å². The van der Waals surface area contributed by atoms with Gasteiger partial charge in [-0.15, -0.1) is 0 Å². The van der Waals surface area contributed by atoms with Crippen molar-refractivity contribution in [2.24, 2.45) is 0 Å². The van der Waals surface area contributed by atoms with Crippen molar-refractivity contribution in [3.05, 3.63) is 71.3 Å². The summed E-state index contributed by atoms with van der Waals surface area (Å²) in [5.41, 5.74) is 1.44. The van der Waals surface area contributed by atoms with Gasteiger partial charge in [-0.25, -0.2) is 4.98 Å². The van der Waals surface area contributed by atoms with E-state index in [0.717, 1.165) is 17.5 Å². The van der Waals surface area contributed by atoms with Crippen molar-refractivity contribution in [2.45, 2.75) is 39.7 Å². The zero-order valence-electron chi connectivity index (χ0n) is 25.3. The second-order valence-electron chi connectivity index (χ2n) is 10.4. The van der Waals surface area contributed by atoms with Crippen LogP contribution in [-0.2, 0) is 9.59 Å². The number of benzene rings is 3. The van der Waals surface area contributed by atoms with E-state index in [1.807, 2.05) is 32.0 Å². The molecule has 1 amide bonds. The van der Waals surface area contributed by atoms with Crippen molar-refractivity contribution in [3.63, 3.8) is 0 Å². The number of fused-ring (bicyclic) bond motifs is 2. The molecule has 3 aromatic carbocycles. The zero-order chi connectivity index (χ0) is 31.5. The largest absolute Gasteiger partial charge is 0.507 e. The Kier molecular flexibility index (Phi) is 8.79. The summed E-state index contributed by atoms with van der Waals surface area (Å²) in [7, 11) is 0. The quantitative estimate of drug-likeness (QED) is 0.0839. The summed E-state index contributed by atoms with van der Waals surface area (Å²) in [4.78, 5) is 33.7. The van der Waals surface area contributed by atoms with Crippen LogP contribution in [0.1, 0.15) is 50.8 Å². The van der Waals surface area contributed by atoms with Gasteiger partial charge in [0.05, 0.1) is 41.7 Å². The molecule has 3 heterocycles. The Morgan fingerprint density at radius 3 is 2.51 bits per heavy atom. The molecule has 2 aliphatic rings. The molecule has 10 nitrogen and oxygen atoms in total. The Balaban J connectivity index is 1.50. The fourth-order valence-corrected chi connectivity index (χ4v) is 6.37. The number of hydrogen-bond acceptors (Lipinski definition) is 10. The van der Waals surface area contributed by atoms with Crippen LogP contribution >= 0.6 is 11.3 Å². The molecule has 0 saturated carbocycles. The number of unbranched alkanes of at least 4 members (excludes halogenated alkanes) is 1. The maximum absolute atomic E-state index is 13.8. The smallest absolute Gasteiger partial charge is 0.301 e. The van der Waals surface area contributed by atoms with Crippen LogP contribution < -0.4 is 28.6 Å². The van der Waals surface area contributed by atoms with Gasteiger partial charge in [-0.3, -0.25) is 14.5 Å². The van der Waals surface area contributed by atoms with Crippen LogP contribution in [0, 0.1) is 0 Å². The Morgan fingerprint density at radius 1 is 0.933 bits per heavy atom. The zero-order valence-corrected chi connectivity index (χ0v) is 26.1. The average Bonchev–Trinajstić information content (AvgIpc) is 3.58. The molecular formula is C34H34N2O8S. The molecule has 2 aliphatic heterocycles. The predicted octanol–water partition coefficient (Wildman–Crippen LogP) is 6.67. The van der Waals surface area contributed by atoms with Crippen LogP contribution in [0.15, 0.2) is 60.2 Å². The molecule has 45 heavy (non-hydrogen) atoms. The predicted molar refractivity (Wildman–Crippen MR) is 171 cm³/mol. The highest BCUT2D eigenvalue weighted by atomic mass is 32.1. The van der Waals surface area contributed by atoms with Gasteiger partial charge in [0.25, 0.3) is 5.78 Å². The SMILES string of the molecule is CCCCOc1ccc(C2/C(=C(/O)c3ccc4c(c3)OCCO4)C(=O)C(=O)N2c2nc3ccc(OCC)cc3s2)cc1OCC. The normalized spacial score (nSPS) is 17.1. The number of carbonyl (C=O) groups is 2. The van der Waals surface area contributed by atoms with E-state index in [2.05, 4.69) is 6.92 Å². The maximum atomic E-state index is 13.8. The number of nitrogens with zero attached hydrogens (tertiary/aromatic N) is 2. The molecule has 4 aromatic rings. The van der Waals surface area contributed by atoms with Gasteiger partial charge in [0.1, 0.15) is 24.7 Å². The molecule has 11 heteroatoms. The molecular weight excluding hydrogens is 596 g/mol. The number of aliphatic hydroxyl groups excluding tert-OH is 1. The monoisotopic (exact) mass is 630 g/mol. The minimum absolute atomic E-state index is 0.0759. The number of aromatic nitrogens is 1. The molecule has 6 rings (SSSR count). The van der Waals surface area contributed by atoms with Gasteiger partial charge < -0.3 is 28.8 Å². The van der Waals surface area contributed by atoms with Crippen molar-refractivity contribution in [3.8, 4) is 28.7 Å². The van der Waals surface area contributed by atoms with E-state index in [1.165, 1.54) is 16.2 Å². The molecule has 0 bridgehead atoms. The lowest BCUT2D eigenvalue weighted by Gasteiger charge is -2.24. The highest BCUT2D eigenvalue weighted by molar-refractivity contribution is 7.22. The third-order valence-corrected chi connectivity index (χ3v) is 8.48. The first-order chi connectivity index (χ1) is 21.9. The van der Waals surface area contributed by atoms with Crippen molar-refractivity contribution in [1.82, 2.24) is 4.98 Å². The van der Waals surface area contributed by atoms with Gasteiger partial charge in [-0.2, -0.15) is 0 Å². The molecule has 234 valence electrons. The van der Waals surface area contributed by atoms with Crippen LogP contribution in [-0.4, -0.2) is 54.8 Å². The van der Waals surface area contributed by atoms with Gasteiger partial charge in [-0.1, -0.05) is 30.7 Å². The molecule has 1 atom stereocenters. The van der Waals surface area contributed by atoms with E-state index in [-0.39, 0.29) is 11.3 Å². The molecule has 1 N–H and O–H groups in total. The molecule has 0 aliphatic carbocycles. The minimum atomic E-state index is -1.01. The van der Waals surface area contributed by atoms with E-state index in [0.29, 0.717) is 83.6 Å². The van der Waals surface area contributed by atoms with Gasteiger partial charge in [-0.05, 0) is 74.4 Å². The van der Waals surface area contributed by atoms with Crippen LogP contribution in [0.2, 0.25) is 0 Å². The Morgan fingerprint density at radius 2 is 1.73 bits per heavy atom. The fourth-order valence-electron chi connectivity index (χ4n) is 5.35. The van der Waals surface area contributed by atoms with Crippen LogP contribution in [0.25, 0.3) is 16.0 Å². The van der Waals surface area contributed by atoms with E-state index in [9.17, 15) is 14.7 Å². The fraction of sp³-hybridized carbons (Fsp3) is 0.324. The van der Waals surface area contributed by atoms with E-state index < -0.39 is 17.7 Å². The number of ether oxygens (including phenoxy) is 5. The summed E-state index contributed by atoms with van der Waals surface area (Å²) in [5, 5.41) is 12.0. The van der Waals surface area contributed by atoms with Crippen molar-refractivity contribution >= 4 is 44.1 Å². The molecule has 1 aromatic heterocycles. The number of rotatable bonds is 11. The summed E-state index contributed by atoms with van der Waals surface area (Å²) < 4.78 is 29.7. The van der Waals surface area contributed by atoms with Gasteiger partial charge >= 0.3 is 5.91 Å².